The summed E-state index contributed by atoms with van der Waals surface area (Å²) in [6.45, 7) is 0. The van der Waals surface area contributed by atoms with Crippen LogP contribution in [0, 0.1) is 5.92 Å². The number of carbonyl (C=O) groups is 2. The average Bonchev–Trinajstić information content (AvgIpc) is 2.47. The molecule has 0 saturated heterocycles. The molecule has 19 heavy (non-hydrogen) atoms. The first kappa shape index (κ1) is 12.8. The predicted octanol–water partition coefficient (Wildman–Crippen LogP) is 2.44. The summed E-state index contributed by atoms with van der Waals surface area (Å²) in [5.74, 6) is -0.535. The summed E-state index contributed by atoms with van der Waals surface area (Å²) >= 11 is 0. The predicted molar refractivity (Wildman–Crippen MR) is 71.2 cm³/mol. The van der Waals surface area contributed by atoms with Crippen LogP contribution in [0.1, 0.15) is 57.8 Å². The minimum absolute atomic E-state index is 0.000176. The van der Waals surface area contributed by atoms with Gasteiger partial charge in [-0.15, -0.1) is 0 Å². The summed E-state index contributed by atoms with van der Waals surface area (Å²) in [6.07, 6.45) is 9.15. The Bertz CT molecular complexity index is 410. The number of fused-ring (bicyclic) bond motifs is 1. The molecule has 1 aliphatic heterocycles. The molecule has 2 saturated carbocycles. The van der Waals surface area contributed by atoms with Crippen molar-refractivity contribution >= 4 is 17.5 Å². The van der Waals surface area contributed by atoms with Crippen molar-refractivity contribution in [3.63, 3.8) is 0 Å². The number of ether oxygens (including phenoxy) is 1. The fraction of sp³-hybridized carbons (Fsp3) is 0.800. The van der Waals surface area contributed by atoms with Crippen molar-refractivity contribution in [3.05, 3.63) is 0 Å². The summed E-state index contributed by atoms with van der Waals surface area (Å²) in [6, 6.07) is 0.0361. The van der Waals surface area contributed by atoms with E-state index in [1.54, 1.807) is 0 Å². The molecule has 3 aliphatic rings. The van der Waals surface area contributed by atoms with Gasteiger partial charge >= 0.3 is 5.97 Å². The van der Waals surface area contributed by atoms with Crippen LogP contribution in [0.2, 0.25) is 0 Å². The molecular weight excluding hydrogens is 242 g/mol. The maximum atomic E-state index is 12.4. The molecule has 0 radical (unpaired) electrons. The Hall–Kier alpha value is -1.19. The molecule has 104 valence electrons. The third-order valence-electron chi connectivity index (χ3n) is 4.62. The first-order valence-electron chi connectivity index (χ1n) is 7.58. The Morgan fingerprint density at radius 1 is 1.00 bits per heavy atom. The Labute approximate surface area is 113 Å². The summed E-state index contributed by atoms with van der Waals surface area (Å²) in [5.41, 5.74) is 0.107. The van der Waals surface area contributed by atoms with Crippen LogP contribution < -0.4 is 0 Å². The molecule has 0 aromatic rings. The van der Waals surface area contributed by atoms with Gasteiger partial charge in [-0.05, 0) is 32.1 Å². The van der Waals surface area contributed by atoms with Gasteiger partial charge in [0.1, 0.15) is 6.10 Å². The van der Waals surface area contributed by atoms with E-state index in [0.29, 0.717) is 0 Å². The molecule has 1 heterocycles. The first-order chi connectivity index (χ1) is 9.25. The maximum Gasteiger partial charge on any atom is 0.360 e. The van der Waals surface area contributed by atoms with Gasteiger partial charge in [0.25, 0.3) is 0 Å². The van der Waals surface area contributed by atoms with E-state index < -0.39 is 5.97 Å². The molecular formula is C15H21NO3. The van der Waals surface area contributed by atoms with E-state index in [-0.39, 0.29) is 29.6 Å². The van der Waals surface area contributed by atoms with Crippen LogP contribution in [0.15, 0.2) is 4.99 Å². The molecule has 0 aromatic carbocycles. The van der Waals surface area contributed by atoms with Crippen molar-refractivity contribution in [1.29, 1.82) is 0 Å². The molecule has 0 aromatic heterocycles. The molecule has 2 aliphatic carbocycles. The highest BCUT2D eigenvalue weighted by molar-refractivity contribution is 6.65. The summed E-state index contributed by atoms with van der Waals surface area (Å²) in [4.78, 5) is 28.8. The smallest absolute Gasteiger partial charge is 0.360 e. The van der Waals surface area contributed by atoms with Gasteiger partial charge in [0, 0.05) is 5.92 Å². The number of carbonyl (C=O) groups excluding carboxylic acids is 2. The van der Waals surface area contributed by atoms with E-state index in [1.807, 2.05) is 0 Å². The van der Waals surface area contributed by atoms with Crippen LogP contribution in [0.3, 0.4) is 0 Å². The molecule has 2 unspecified atom stereocenters. The van der Waals surface area contributed by atoms with Gasteiger partial charge in [-0.25, -0.2) is 4.79 Å². The Kier molecular flexibility index (Phi) is 3.67. The van der Waals surface area contributed by atoms with Gasteiger partial charge in [-0.2, -0.15) is 0 Å². The van der Waals surface area contributed by atoms with Gasteiger partial charge < -0.3 is 4.74 Å². The second-order valence-electron chi connectivity index (χ2n) is 5.97. The zero-order valence-electron chi connectivity index (χ0n) is 11.3. The molecule has 0 N–H and O–H groups in total. The molecule has 0 amide bonds. The zero-order valence-corrected chi connectivity index (χ0v) is 11.3. The van der Waals surface area contributed by atoms with Gasteiger partial charge in [-0.1, -0.05) is 25.7 Å². The summed E-state index contributed by atoms with van der Waals surface area (Å²) < 4.78 is 5.42. The third-order valence-corrected chi connectivity index (χ3v) is 4.62. The van der Waals surface area contributed by atoms with Crippen molar-refractivity contribution in [2.75, 3.05) is 0 Å². The molecule has 4 nitrogen and oxygen atoms in total. The van der Waals surface area contributed by atoms with Crippen molar-refractivity contribution < 1.29 is 14.3 Å². The van der Waals surface area contributed by atoms with E-state index in [4.69, 9.17) is 4.74 Å². The van der Waals surface area contributed by atoms with Crippen LogP contribution in [-0.2, 0) is 14.3 Å². The van der Waals surface area contributed by atoms with Gasteiger partial charge in [0.05, 0.1) is 6.04 Å². The number of aliphatic imine (C=N–C) groups is 1. The molecule has 2 fully saturated rings. The highest BCUT2D eigenvalue weighted by Crippen LogP contribution is 2.29. The normalized spacial score (nSPS) is 32.2. The second kappa shape index (κ2) is 5.43. The lowest BCUT2D eigenvalue weighted by atomic mass is 9.84. The molecule has 2 atom stereocenters. The van der Waals surface area contributed by atoms with Gasteiger partial charge in [-0.3, -0.25) is 9.79 Å². The van der Waals surface area contributed by atoms with Gasteiger partial charge in [0.15, 0.2) is 11.5 Å². The van der Waals surface area contributed by atoms with Gasteiger partial charge in [0.2, 0.25) is 0 Å². The topological polar surface area (TPSA) is 55.7 Å². The lowest BCUT2D eigenvalue weighted by Crippen LogP contribution is -2.45. The Balaban J connectivity index is 1.76. The fourth-order valence-electron chi connectivity index (χ4n) is 3.50. The molecule has 0 spiro atoms. The van der Waals surface area contributed by atoms with E-state index in [2.05, 4.69) is 4.99 Å². The lowest BCUT2D eigenvalue weighted by molar-refractivity contribution is -0.145. The molecule has 4 heteroatoms. The van der Waals surface area contributed by atoms with E-state index >= 15 is 0 Å². The minimum atomic E-state index is -0.473. The van der Waals surface area contributed by atoms with Crippen LogP contribution in [0.5, 0.6) is 0 Å². The van der Waals surface area contributed by atoms with E-state index in [1.165, 1.54) is 6.42 Å². The second-order valence-corrected chi connectivity index (χ2v) is 5.97. The number of hydrogen-bond donors (Lipinski definition) is 0. The number of nitrogens with zero attached hydrogens (tertiary/aromatic N) is 1. The quantitative estimate of drug-likeness (QED) is 0.719. The summed E-state index contributed by atoms with van der Waals surface area (Å²) in [5, 5.41) is 0. The Morgan fingerprint density at radius 3 is 2.47 bits per heavy atom. The van der Waals surface area contributed by atoms with Crippen molar-refractivity contribution in [3.8, 4) is 0 Å². The monoisotopic (exact) mass is 263 g/mol. The highest BCUT2D eigenvalue weighted by Gasteiger charge is 2.39. The first-order valence-corrected chi connectivity index (χ1v) is 7.58. The van der Waals surface area contributed by atoms with Crippen molar-refractivity contribution in [2.45, 2.75) is 69.9 Å². The minimum Gasteiger partial charge on any atom is -0.455 e. The standard InChI is InChI=1S/C15H21NO3/c17-14(10-6-2-1-3-7-10)13-15(18)19-12-9-5-4-8-11(12)16-13/h10-12H,1-9H2. The highest BCUT2D eigenvalue weighted by atomic mass is 16.5. The zero-order chi connectivity index (χ0) is 13.2. The van der Waals surface area contributed by atoms with Crippen molar-refractivity contribution in [1.82, 2.24) is 0 Å². The van der Waals surface area contributed by atoms with Crippen LogP contribution in [0.4, 0.5) is 0 Å². The Morgan fingerprint density at radius 2 is 1.68 bits per heavy atom. The summed E-state index contributed by atoms with van der Waals surface area (Å²) in [7, 11) is 0. The number of rotatable bonds is 2. The van der Waals surface area contributed by atoms with Crippen molar-refractivity contribution in [2.24, 2.45) is 10.9 Å². The maximum absolute atomic E-state index is 12.4. The number of Topliss-reactive ketones (excluding diaryl/α,β-unsaturated/α-hetero) is 1. The third kappa shape index (κ3) is 2.58. The largest absolute Gasteiger partial charge is 0.455 e. The number of esters is 1. The molecule has 0 bridgehead atoms. The van der Waals surface area contributed by atoms with Crippen LogP contribution in [0.25, 0.3) is 0 Å². The van der Waals surface area contributed by atoms with Crippen LogP contribution >= 0.6 is 0 Å². The van der Waals surface area contributed by atoms with E-state index in [0.717, 1.165) is 51.4 Å². The van der Waals surface area contributed by atoms with E-state index in [9.17, 15) is 9.59 Å². The fourth-order valence-corrected chi connectivity index (χ4v) is 3.50. The molecule has 3 rings (SSSR count). The van der Waals surface area contributed by atoms with Crippen LogP contribution in [-0.4, -0.2) is 29.6 Å². The number of ketones is 1. The number of hydrogen-bond acceptors (Lipinski definition) is 4. The average molecular weight is 263 g/mol. The SMILES string of the molecule is O=C1OC2CCCCC2N=C1C(=O)C1CCCCC1. The lowest BCUT2D eigenvalue weighted by Gasteiger charge is -2.33.